The van der Waals surface area contributed by atoms with Crippen LogP contribution in [0.4, 0.5) is 17.1 Å². The quantitative estimate of drug-likeness (QED) is 0.361. The molecule has 0 saturated carbocycles. The van der Waals surface area contributed by atoms with Gasteiger partial charge in [0.2, 0.25) is 0 Å². The number of Topliss-reactive ketones (excluding diaryl/α,β-unsaturated/α-hetero) is 1. The lowest BCUT2D eigenvalue weighted by Crippen LogP contribution is -1.97. The normalized spacial score (nSPS) is 10.0. The first-order chi connectivity index (χ1) is 14.2. The maximum Gasteiger partial charge on any atom is 0.324 e. The van der Waals surface area contributed by atoms with E-state index in [9.17, 15) is 35.1 Å². The molecule has 3 aromatic rings. The third kappa shape index (κ3) is 4.70. The Bertz CT molecular complexity index is 1120. The number of benzene rings is 3. The molecule has 0 aliphatic carbocycles. The van der Waals surface area contributed by atoms with Crippen molar-refractivity contribution >= 4 is 33.6 Å². The zero-order chi connectivity index (χ0) is 22.4. The van der Waals surface area contributed by atoms with Gasteiger partial charge in [-0.15, -0.1) is 0 Å². The number of fused-ring (bicyclic) bond motifs is 1. The van der Waals surface area contributed by atoms with E-state index in [-0.39, 0.29) is 5.78 Å². The molecular formula is C19H15N3O8. The van der Waals surface area contributed by atoms with Crippen LogP contribution >= 0.6 is 0 Å². The van der Waals surface area contributed by atoms with Gasteiger partial charge in [0.05, 0.1) is 26.9 Å². The minimum absolute atomic E-state index is 0.210. The zero-order valence-electron chi connectivity index (χ0n) is 15.5. The van der Waals surface area contributed by atoms with Gasteiger partial charge in [0.15, 0.2) is 5.78 Å². The molecule has 3 rings (SSSR count). The SMILES string of the molecule is CCC(=O)c1cccc2ccccc12.O=[N+]([O-])c1cc([N+](=O)[O-])c(O)c([N+](=O)[O-])c1. The molecule has 0 atom stereocenters. The number of phenolic OH excluding ortho intramolecular Hbond substituents is 1. The average molecular weight is 413 g/mol. The molecule has 0 heterocycles. The van der Waals surface area contributed by atoms with Crippen LogP contribution in [-0.2, 0) is 0 Å². The molecule has 30 heavy (non-hydrogen) atoms. The summed E-state index contributed by atoms with van der Waals surface area (Å²) in [6.07, 6.45) is 0.563. The van der Waals surface area contributed by atoms with Gasteiger partial charge in [0, 0.05) is 12.0 Å². The lowest BCUT2D eigenvalue weighted by Gasteiger charge is -2.03. The molecule has 0 aliphatic rings. The Hall–Kier alpha value is -4.41. The number of carbonyl (C=O) groups excluding carboxylic acids is 1. The van der Waals surface area contributed by atoms with Crippen LogP contribution < -0.4 is 0 Å². The fourth-order valence-corrected chi connectivity index (χ4v) is 2.63. The Kier molecular flexibility index (Phi) is 6.70. The predicted molar refractivity (Wildman–Crippen MR) is 107 cm³/mol. The number of aromatic hydroxyl groups is 1. The highest BCUT2D eigenvalue weighted by Crippen LogP contribution is 2.38. The molecule has 1 N–H and O–H groups in total. The van der Waals surface area contributed by atoms with Gasteiger partial charge in [0.25, 0.3) is 11.4 Å². The molecule has 154 valence electrons. The van der Waals surface area contributed by atoms with Crippen LogP contribution in [0.3, 0.4) is 0 Å². The average Bonchev–Trinajstić information content (AvgIpc) is 2.72. The van der Waals surface area contributed by atoms with E-state index in [2.05, 4.69) is 0 Å². The summed E-state index contributed by atoms with van der Waals surface area (Å²) in [5.74, 6) is -0.998. The van der Waals surface area contributed by atoms with Crippen LogP contribution in [0.15, 0.2) is 54.6 Å². The van der Waals surface area contributed by atoms with E-state index in [1.807, 2.05) is 49.4 Å². The minimum Gasteiger partial charge on any atom is -0.497 e. The molecule has 0 radical (unpaired) electrons. The molecule has 3 aromatic carbocycles. The topological polar surface area (TPSA) is 167 Å². The van der Waals surface area contributed by atoms with Crippen molar-refractivity contribution in [3.63, 3.8) is 0 Å². The van der Waals surface area contributed by atoms with Crippen molar-refractivity contribution in [2.75, 3.05) is 0 Å². The van der Waals surface area contributed by atoms with Gasteiger partial charge in [-0.2, -0.15) is 0 Å². The Labute approximate surface area is 168 Å². The van der Waals surface area contributed by atoms with Gasteiger partial charge in [-0.3, -0.25) is 35.1 Å². The summed E-state index contributed by atoms with van der Waals surface area (Å²) in [4.78, 5) is 39.4. The minimum atomic E-state index is -1.21. The van der Waals surface area contributed by atoms with Crippen LogP contribution in [0.1, 0.15) is 23.7 Å². The van der Waals surface area contributed by atoms with E-state index in [0.717, 1.165) is 16.3 Å². The monoisotopic (exact) mass is 413 g/mol. The lowest BCUT2D eigenvalue weighted by atomic mass is 10.0. The highest BCUT2D eigenvalue weighted by Gasteiger charge is 2.30. The number of hydrogen-bond donors (Lipinski definition) is 1. The van der Waals surface area contributed by atoms with Crippen molar-refractivity contribution in [1.29, 1.82) is 0 Å². The summed E-state index contributed by atoms with van der Waals surface area (Å²) in [7, 11) is 0. The summed E-state index contributed by atoms with van der Waals surface area (Å²) in [6, 6.07) is 14.7. The molecule has 11 heteroatoms. The van der Waals surface area contributed by atoms with E-state index in [4.69, 9.17) is 5.11 Å². The van der Waals surface area contributed by atoms with Crippen LogP contribution in [0.25, 0.3) is 10.8 Å². The lowest BCUT2D eigenvalue weighted by molar-refractivity contribution is -0.404. The first-order valence-electron chi connectivity index (χ1n) is 8.48. The van der Waals surface area contributed by atoms with Gasteiger partial charge in [0.1, 0.15) is 0 Å². The molecule has 0 saturated heterocycles. The first-order valence-corrected chi connectivity index (χ1v) is 8.48. The second-order valence-corrected chi connectivity index (χ2v) is 5.91. The molecule has 0 spiro atoms. The van der Waals surface area contributed by atoms with E-state index in [1.165, 1.54) is 0 Å². The fourth-order valence-electron chi connectivity index (χ4n) is 2.63. The summed E-state index contributed by atoms with van der Waals surface area (Å²) in [5.41, 5.74) is -2.16. The van der Waals surface area contributed by atoms with Gasteiger partial charge < -0.3 is 5.11 Å². The highest BCUT2D eigenvalue weighted by molar-refractivity contribution is 6.07. The first kappa shape index (κ1) is 21.9. The molecular weight excluding hydrogens is 398 g/mol. The number of phenols is 1. The molecule has 0 aliphatic heterocycles. The number of nitro benzene ring substituents is 3. The molecule has 11 nitrogen and oxygen atoms in total. The van der Waals surface area contributed by atoms with Gasteiger partial charge in [-0.1, -0.05) is 49.4 Å². The smallest absolute Gasteiger partial charge is 0.324 e. The van der Waals surface area contributed by atoms with Gasteiger partial charge in [-0.25, -0.2) is 0 Å². The molecule has 0 fully saturated rings. The zero-order valence-corrected chi connectivity index (χ0v) is 15.5. The van der Waals surface area contributed by atoms with E-state index < -0.39 is 37.6 Å². The summed E-state index contributed by atoms with van der Waals surface area (Å²) < 4.78 is 0. The number of hydrogen-bond acceptors (Lipinski definition) is 8. The number of ketones is 1. The Morgan fingerprint density at radius 3 is 1.90 bits per heavy atom. The van der Waals surface area contributed by atoms with Crippen LogP contribution in [0.5, 0.6) is 5.75 Å². The molecule has 0 unspecified atom stereocenters. The van der Waals surface area contributed by atoms with Gasteiger partial charge >= 0.3 is 11.4 Å². The predicted octanol–water partition coefficient (Wildman–Crippen LogP) is 4.55. The van der Waals surface area contributed by atoms with Crippen molar-refractivity contribution in [3.05, 3.63) is 90.5 Å². The van der Waals surface area contributed by atoms with Crippen molar-refractivity contribution in [2.45, 2.75) is 13.3 Å². The van der Waals surface area contributed by atoms with E-state index in [0.29, 0.717) is 18.6 Å². The Morgan fingerprint density at radius 2 is 1.40 bits per heavy atom. The number of rotatable bonds is 5. The molecule has 0 aromatic heterocycles. The Morgan fingerprint density at radius 1 is 0.867 bits per heavy atom. The summed E-state index contributed by atoms with van der Waals surface area (Å²) in [6.45, 7) is 1.89. The number of non-ortho nitro benzene ring substituents is 1. The fraction of sp³-hybridized carbons (Fsp3) is 0.105. The number of carbonyl (C=O) groups is 1. The second-order valence-electron chi connectivity index (χ2n) is 5.91. The number of nitro groups is 3. The van der Waals surface area contributed by atoms with E-state index >= 15 is 0 Å². The van der Waals surface area contributed by atoms with Gasteiger partial charge in [-0.05, 0) is 10.8 Å². The van der Waals surface area contributed by atoms with Crippen LogP contribution in [0.2, 0.25) is 0 Å². The summed E-state index contributed by atoms with van der Waals surface area (Å²) in [5, 5.41) is 42.4. The maximum atomic E-state index is 11.6. The Balaban J connectivity index is 0.000000215. The molecule has 0 amide bonds. The second kappa shape index (κ2) is 9.19. The molecule has 0 bridgehead atoms. The van der Waals surface area contributed by atoms with E-state index in [1.54, 1.807) is 0 Å². The highest BCUT2D eigenvalue weighted by atomic mass is 16.6. The van der Waals surface area contributed by atoms with Crippen molar-refractivity contribution in [3.8, 4) is 5.75 Å². The largest absolute Gasteiger partial charge is 0.497 e. The van der Waals surface area contributed by atoms with Crippen molar-refractivity contribution in [1.82, 2.24) is 0 Å². The summed E-state index contributed by atoms with van der Waals surface area (Å²) >= 11 is 0. The van der Waals surface area contributed by atoms with Crippen molar-refractivity contribution < 1.29 is 24.7 Å². The maximum absolute atomic E-state index is 11.6. The van der Waals surface area contributed by atoms with Crippen LogP contribution in [0, 0.1) is 30.3 Å². The number of nitrogens with zero attached hydrogens (tertiary/aromatic N) is 3. The van der Waals surface area contributed by atoms with Crippen LogP contribution in [-0.4, -0.2) is 25.7 Å². The standard InChI is InChI=1S/C13H12O.C6H3N3O7/c1-2-13(14)12-9-5-7-10-6-3-4-8-11(10)12;10-6-4(8(13)14)1-3(7(11)12)2-5(6)9(15)16/h3-9H,2H2,1H3;1-2,10H. The third-order valence-corrected chi connectivity index (χ3v) is 4.07. The third-order valence-electron chi connectivity index (χ3n) is 4.07. The van der Waals surface area contributed by atoms with Crippen molar-refractivity contribution in [2.24, 2.45) is 0 Å².